The van der Waals surface area contributed by atoms with Crippen LogP contribution in [0.2, 0.25) is 0 Å². The quantitative estimate of drug-likeness (QED) is 0.791. The van der Waals surface area contributed by atoms with Gasteiger partial charge in [-0.05, 0) is 49.9 Å². The van der Waals surface area contributed by atoms with E-state index in [9.17, 15) is 9.18 Å². The van der Waals surface area contributed by atoms with Gasteiger partial charge in [-0.1, -0.05) is 0 Å². The molecule has 0 spiro atoms. The molecule has 1 aliphatic rings. The highest BCUT2D eigenvalue weighted by Gasteiger charge is 2.43. The third-order valence-corrected chi connectivity index (χ3v) is 3.92. The van der Waals surface area contributed by atoms with E-state index in [1.807, 2.05) is 0 Å². The molecule has 0 radical (unpaired) electrons. The minimum atomic E-state index is -0.758. The second-order valence-electron chi connectivity index (χ2n) is 5.03. The first-order valence-corrected chi connectivity index (χ1v) is 6.44. The summed E-state index contributed by atoms with van der Waals surface area (Å²) in [5, 5.41) is 0.604. The van der Waals surface area contributed by atoms with Crippen LogP contribution in [0.4, 0.5) is 4.39 Å². The van der Waals surface area contributed by atoms with Gasteiger partial charge in [0, 0.05) is 12.5 Å². The third-order valence-electron chi connectivity index (χ3n) is 3.92. The molecule has 0 saturated heterocycles. The molecule has 1 heterocycles. The van der Waals surface area contributed by atoms with E-state index < -0.39 is 5.60 Å². The zero-order valence-corrected chi connectivity index (χ0v) is 10.7. The zero-order chi connectivity index (χ0) is 13.5. The molecular formula is C15H15FO3. The van der Waals surface area contributed by atoms with Crippen molar-refractivity contribution in [2.75, 3.05) is 7.11 Å². The van der Waals surface area contributed by atoms with Gasteiger partial charge in [-0.15, -0.1) is 0 Å². The lowest BCUT2D eigenvalue weighted by Crippen LogP contribution is -2.37. The molecule has 1 aromatic heterocycles. The molecule has 1 saturated carbocycles. The van der Waals surface area contributed by atoms with Gasteiger partial charge in [-0.3, -0.25) is 4.79 Å². The van der Waals surface area contributed by atoms with Gasteiger partial charge in [-0.2, -0.15) is 0 Å². The number of furan rings is 1. The summed E-state index contributed by atoms with van der Waals surface area (Å²) in [5.41, 5.74) is -0.235. The molecule has 0 atom stereocenters. The van der Waals surface area contributed by atoms with E-state index in [1.165, 1.54) is 18.2 Å². The van der Waals surface area contributed by atoms with Crippen molar-refractivity contribution in [3.63, 3.8) is 0 Å². The van der Waals surface area contributed by atoms with Crippen molar-refractivity contribution in [1.82, 2.24) is 0 Å². The fourth-order valence-corrected chi connectivity index (χ4v) is 2.82. The molecule has 0 unspecified atom stereocenters. The van der Waals surface area contributed by atoms with E-state index in [2.05, 4.69) is 0 Å². The van der Waals surface area contributed by atoms with Crippen LogP contribution < -0.4 is 0 Å². The summed E-state index contributed by atoms with van der Waals surface area (Å²) in [6, 6.07) is 5.82. The minimum Gasteiger partial charge on any atom is -0.453 e. The molecule has 19 heavy (non-hydrogen) atoms. The number of rotatable bonds is 3. The van der Waals surface area contributed by atoms with E-state index in [0.29, 0.717) is 23.8 Å². The van der Waals surface area contributed by atoms with Crippen molar-refractivity contribution < 1.29 is 18.3 Å². The smallest absolute Gasteiger partial charge is 0.229 e. The van der Waals surface area contributed by atoms with Crippen molar-refractivity contribution in [2.24, 2.45) is 0 Å². The SMILES string of the molecule is COC1(C(=O)c2cc3cc(F)ccc3o2)CCCC1. The van der Waals surface area contributed by atoms with Gasteiger partial charge in [-0.25, -0.2) is 4.39 Å². The standard InChI is InChI=1S/C15H15FO3/c1-18-15(6-2-3-7-15)14(17)13-9-10-8-11(16)4-5-12(10)19-13/h4-5,8-9H,2-3,6-7H2,1H3. The Morgan fingerprint density at radius 3 is 2.74 bits per heavy atom. The molecule has 2 aromatic rings. The summed E-state index contributed by atoms with van der Waals surface area (Å²) >= 11 is 0. The molecule has 0 aliphatic heterocycles. The maximum atomic E-state index is 13.1. The number of carbonyl (C=O) groups excluding carboxylic acids is 1. The number of hydrogen-bond donors (Lipinski definition) is 0. The zero-order valence-electron chi connectivity index (χ0n) is 10.7. The predicted octanol–water partition coefficient (Wildman–Crippen LogP) is 3.71. The number of ether oxygens (including phenoxy) is 1. The Hall–Kier alpha value is -1.68. The third kappa shape index (κ3) is 1.96. The molecule has 3 nitrogen and oxygen atoms in total. The number of benzene rings is 1. The van der Waals surface area contributed by atoms with Gasteiger partial charge < -0.3 is 9.15 Å². The topological polar surface area (TPSA) is 39.4 Å². The lowest BCUT2D eigenvalue weighted by Gasteiger charge is -2.24. The Morgan fingerprint density at radius 1 is 1.32 bits per heavy atom. The van der Waals surface area contributed by atoms with Crippen molar-refractivity contribution in [3.8, 4) is 0 Å². The first kappa shape index (κ1) is 12.4. The van der Waals surface area contributed by atoms with Gasteiger partial charge >= 0.3 is 0 Å². The van der Waals surface area contributed by atoms with Gasteiger partial charge in [0.25, 0.3) is 0 Å². The van der Waals surface area contributed by atoms with Crippen LogP contribution in [0.5, 0.6) is 0 Å². The highest BCUT2D eigenvalue weighted by Crippen LogP contribution is 2.36. The highest BCUT2D eigenvalue weighted by atomic mass is 19.1. The molecule has 1 aromatic carbocycles. The van der Waals surface area contributed by atoms with Crippen molar-refractivity contribution in [2.45, 2.75) is 31.3 Å². The van der Waals surface area contributed by atoms with Crippen molar-refractivity contribution >= 4 is 16.8 Å². The average Bonchev–Trinajstić information content (AvgIpc) is 3.04. The van der Waals surface area contributed by atoms with Gasteiger partial charge in [0.05, 0.1) is 0 Å². The number of Topliss-reactive ketones (excluding diaryl/α,β-unsaturated/α-hetero) is 1. The van der Waals surface area contributed by atoms with Crippen LogP contribution in [0.1, 0.15) is 36.2 Å². The van der Waals surface area contributed by atoms with E-state index in [0.717, 1.165) is 12.8 Å². The van der Waals surface area contributed by atoms with Crippen LogP contribution in [0.25, 0.3) is 11.0 Å². The summed E-state index contributed by atoms with van der Waals surface area (Å²) in [6.45, 7) is 0. The molecule has 0 bridgehead atoms. The average molecular weight is 262 g/mol. The van der Waals surface area contributed by atoms with Crippen LogP contribution in [-0.4, -0.2) is 18.5 Å². The van der Waals surface area contributed by atoms with Gasteiger partial charge in [0.1, 0.15) is 17.0 Å². The monoisotopic (exact) mass is 262 g/mol. The fraction of sp³-hybridized carbons (Fsp3) is 0.400. The Bertz CT molecular complexity index is 623. The molecule has 4 heteroatoms. The maximum Gasteiger partial charge on any atom is 0.229 e. The maximum absolute atomic E-state index is 13.1. The predicted molar refractivity (Wildman–Crippen MR) is 68.7 cm³/mol. The largest absolute Gasteiger partial charge is 0.453 e. The summed E-state index contributed by atoms with van der Waals surface area (Å²) in [6.07, 6.45) is 3.39. The van der Waals surface area contributed by atoms with Crippen molar-refractivity contribution in [1.29, 1.82) is 0 Å². The van der Waals surface area contributed by atoms with E-state index in [1.54, 1.807) is 13.2 Å². The molecule has 1 fully saturated rings. The molecule has 100 valence electrons. The second kappa shape index (κ2) is 4.46. The van der Waals surface area contributed by atoms with Gasteiger partial charge in [0.15, 0.2) is 5.76 Å². The van der Waals surface area contributed by atoms with Crippen LogP contribution >= 0.6 is 0 Å². The number of ketones is 1. The minimum absolute atomic E-state index is 0.135. The Labute approximate surface area is 110 Å². The fourth-order valence-electron chi connectivity index (χ4n) is 2.82. The lowest BCUT2D eigenvalue weighted by atomic mass is 9.94. The molecule has 3 rings (SSSR count). The number of carbonyl (C=O) groups is 1. The molecule has 0 N–H and O–H groups in total. The second-order valence-corrected chi connectivity index (χ2v) is 5.03. The molecular weight excluding hydrogens is 247 g/mol. The van der Waals surface area contributed by atoms with Gasteiger partial charge in [0.2, 0.25) is 5.78 Å². The number of hydrogen-bond acceptors (Lipinski definition) is 3. The highest BCUT2D eigenvalue weighted by molar-refractivity contribution is 6.03. The summed E-state index contributed by atoms with van der Waals surface area (Å²) < 4.78 is 24.1. The number of halogens is 1. The number of fused-ring (bicyclic) bond motifs is 1. The lowest BCUT2D eigenvalue weighted by molar-refractivity contribution is 0.00402. The molecule has 0 amide bonds. The molecule has 1 aliphatic carbocycles. The van der Waals surface area contributed by atoms with E-state index in [-0.39, 0.29) is 17.4 Å². The van der Waals surface area contributed by atoms with Crippen LogP contribution in [0, 0.1) is 5.82 Å². The summed E-state index contributed by atoms with van der Waals surface area (Å²) in [5.74, 6) is -0.219. The van der Waals surface area contributed by atoms with Crippen LogP contribution in [0.15, 0.2) is 28.7 Å². The number of methoxy groups -OCH3 is 1. The van der Waals surface area contributed by atoms with E-state index in [4.69, 9.17) is 9.15 Å². The Morgan fingerprint density at radius 2 is 2.05 bits per heavy atom. The van der Waals surface area contributed by atoms with Crippen molar-refractivity contribution in [3.05, 3.63) is 35.8 Å². The Kier molecular flexibility index (Phi) is 2.90. The van der Waals surface area contributed by atoms with Crippen LogP contribution in [0.3, 0.4) is 0 Å². The summed E-state index contributed by atoms with van der Waals surface area (Å²) in [4.78, 5) is 12.5. The van der Waals surface area contributed by atoms with E-state index >= 15 is 0 Å². The first-order valence-electron chi connectivity index (χ1n) is 6.44. The normalized spacial score (nSPS) is 18.0. The first-order chi connectivity index (χ1) is 9.14. The summed E-state index contributed by atoms with van der Waals surface area (Å²) in [7, 11) is 1.56. The Balaban J connectivity index is 2.01. The van der Waals surface area contributed by atoms with Crippen LogP contribution in [-0.2, 0) is 4.74 Å².